The lowest BCUT2D eigenvalue weighted by Gasteiger charge is -2.17. The third kappa shape index (κ3) is 4.14. The van der Waals surface area contributed by atoms with Crippen LogP contribution in [0.5, 0.6) is 0 Å². The van der Waals surface area contributed by atoms with Crippen LogP contribution in [0.1, 0.15) is 23.1 Å². The predicted octanol–water partition coefficient (Wildman–Crippen LogP) is 3.23. The number of nitrogens with zero attached hydrogens (tertiary/aromatic N) is 4. The molecule has 7 nitrogen and oxygen atoms in total. The van der Waals surface area contributed by atoms with Crippen molar-refractivity contribution in [2.75, 3.05) is 21.1 Å². The van der Waals surface area contributed by atoms with Crippen LogP contribution in [0.4, 0.5) is 0 Å². The summed E-state index contributed by atoms with van der Waals surface area (Å²) in [6.07, 6.45) is 0. The molecular formula is C20H23ClN4O3S. The van der Waals surface area contributed by atoms with Crippen molar-refractivity contribution in [1.29, 1.82) is 0 Å². The lowest BCUT2D eigenvalue weighted by atomic mass is 10.2. The predicted molar refractivity (Wildman–Crippen MR) is 114 cm³/mol. The molecule has 9 heteroatoms. The van der Waals surface area contributed by atoms with E-state index in [0.717, 1.165) is 5.52 Å². The normalized spacial score (nSPS) is 11.9. The number of hydrogen-bond acceptors (Lipinski definition) is 4. The lowest BCUT2D eigenvalue weighted by molar-refractivity contribution is 0.0827. The van der Waals surface area contributed by atoms with Crippen molar-refractivity contribution in [2.45, 2.75) is 24.9 Å². The molecule has 0 atom stereocenters. The van der Waals surface area contributed by atoms with Gasteiger partial charge in [-0.1, -0.05) is 11.6 Å². The fourth-order valence-corrected chi connectivity index (χ4v) is 4.37. The van der Waals surface area contributed by atoms with E-state index in [2.05, 4.69) is 4.98 Å². The topological polar surface area (TPSA) is 75.5 Å². The second-order valence-corrected chi connectivity index (χ2v) is 9.37. The first-order chi connectivity index (χ1) is 13.6. The Bertz CT molecular complexity index is 1150. The highest BCUT2D eigenvalue weighted by Crippen LogP contribution is 2.23. The van der Waals surface area contributed by atoms with E-state index in [9.17, 15) is 13.2 Å². The minimum atomic E-state index is -3.69. The van der Waals surface area contributed by atoms with Crippen molar-refractivity contribution in [2.24, 2.45) is 0 Å². The fourth-order valence-electron chi connectivity index (χ4n) is 3.12. The zero-order valence-electron chi connectivity index (χ0n) is 16.8. The third-order valence-corrected chi connectivity index (χ3v) is 6.75. The molecular weight excluding hydrogens is 412 g/mol. The molecule has 0 N–H and O–H groups in total. The van der Waals surface area contributed by atoms with Crippen LogP contribution in [0.15, 0.2) is 47.4 Å². The van der Waals surface area contributed by atoms with Gasteiger partial charge in [0.2, 0.25) is 10.0 Å². The van der Waals surface area contributed by atoms with Crippen molar-refractivity contribution in [3.05, 3.63) is 58.9 Å². The molecule has 0 spiro atoms. The minimum Gasteiger partial charge on any atom is -0.345 e. The molecule has 1 aromatic heterocycles. The first-order valence-corrected chi connectivity index (χ1v) is 10.9. The summed E-state index contributed by atoms with van der Waals surface area (Å²) in [4.78, 5) is 18.5. The van der Waals surface area contributed by atoms with Crippen molar-refractivity contribution < 1.29 is 13.2 Å². The summed E-state index contributed by atoms with van der Waals surface area (Å²) in [5.74, 6) is 0.499. The van der Waals surface area contributed by atoms with Gasteiger partial charge in [0, 0.05) is 38.3 Å². The van der Waals surface area contributed by atoms with Gasteiger partial charge in [0.15, 0.2) is 0 Å². The van der Waals surface area contributed by atoms with Crippen LogP contribution in [0, 0.1) is 0 Å². The van der Waals surface area contributed by atoms with E-state index >= 15 is 0 Å². The number of benzene rings is 2. The average molecular weight is 435 g/mol. The molecule has 2 aromatic carbocycles. The fraction of sp³-hybridized carbons (Fsp3) is 0.300. The van der Waals surface area contributed by atoms with E-state index in [-0.39, 0.29) is 17.3 Å². The molecule has 0 aliphatic rings. The molecule has 0 saturated carbocycles. The van der Waals surface area contributed by atoms with Gasteiger partial charge in [-0.05, 0) is 49.4 Å². The minimum absolute atomic E-state index is 0.102. The second kappa shape index (κ2) is 8.14. The second-order valence-electron chi connectivity index (χ2n) is 6.89. The first kappa shape index (κ1) is 21.3. The summed E-state index contributed by atoms with van der Waals surface area (Å²) in [5, 5.41) is 0.474. The lowest BCUT2D eigenvalue weighted by Crippen LogP contribution is -2.28. The molecule has 0 fully saturated rings. The smallest absolute Gasteiger partial charge is 0.253 e. The summed E-state index contributed by atoms with van der Waals surface area (Å²) in [7, 11) is 1.22. The number of fused-ring (bicyclic) bond motifs is 1. The SMILES string of the molecule is CCn1c(CN(C)S(=O)(=O)c2ccc(Cl)cc2)nc2cc(C(=O)N(C)C)ccc21. The van der Waals surface area contributed by atoms with Gasteiger partial charge >= 0.3 is 0 Å². The molecule has 3 aromatic rings. The molecule has 154 valence electrons. The van der Waals surface area contributed by atoms with Crippen LogP contribution >= 0.6 is 11.6 Å². The molecule has 0 aliphatic carbocycles. The van der Waals surface area contributed by atoms with Gasteiger partial charge < -0.3 is 9.47 Å². The highest BCUT2D eigenvalue weighted by molar-refractivity contribution is 7.89. The van der Waals surface area contributed by atoms with E-state index in [1.807, 2.05) is 17.6 Å². The summed E-state index contributed by atoms with van der Waals surface area (Å²) in [5.41, 5.74) is 2.05. The number of rotatable bonds is 6. The highest BCUT2D eigenvalue weighted by Gasteiger charge is 2.23. The van der Waals surface area contributed by atoms with Crippen molar-refractivity contribution >= 4 is 38.6 Å². The zero-order valence-corrected chi connectivity index (χ0v) is 18.3. The van der Waals surface area contributed by atoms with Crippen molar-refractivity contribution in [1.82, 2.24) is 18.8 Å². The van der Waals surface area contributed by atoms with Gasteiger partial charge in [0.25, 0.3) is 5.91 Å². The molecule has 1 amide bonds. The Morgan fingerprint density at radius 2 is 1.76 bits per heavy atom. The third-order valence-electron chi connectivity index (χ3n) is 4.68. The van der Waals surface area contributed by atoms with Crippen LogP contribution in [-0.2, 0) is 23.1 Å². The average Bonchev–Trinajstić information content (AvgIpc) is 3.03. The maximum Gasteiger partial charge on any atom is 0.253 e. The Labute approximate surface area is 175 Å². The Hall–Kier alpha value is -2.42. The Morgan fingerprint density at radius 1 is 1.10 bits per heavy atom. The monoisotopic (exact) mass is 434 g/mol. The number of amides is 1. The van der Waals surface area contributed by atoms with Crippen molar-refractivity contribution in [3.8, 4) is 0 Å². The van der Waals surface area contributed by atoms with E-state index in [1.54, 1.807) is 38.4 Å². The van der Waals surface area contributed by atoms with E-state index in [0.29, 0.717) is 28.5 Å². The van der Waals surface area contributed by atoms with Gasteiger partial charge in [-0.25, -0.2) is 13.4 Å². The number of hydrogen-bond donors (Lipinski definition) is 0. The van der Waals surface area contributed by atoms with E-state index in [1.165, 1.54) is 28.4 Å². The van der Waals surface area contributed by atoms with Crippen LogP contribution in [0.2, 0.25) is 5.02 Å². The number of halogens is 1. The Kier molecular flexibility index (Phi) is 5.97. The molecule has 0 saturated heterocycles. The van der Waals surface area contributed by atoms with Gasteiger partial charge in [-0.2, -0.15) is 4.31 Å². The molecule has 29 heavy (non-hydrogen) atoms. The number of carbonyl (C=O) groups is 1. The molecule has 0 radical (unpaired) electrons. The highest BCUT2D eigenvalue weighted by atomic mass is 35.5. The quantitative estimate of drug-likeness (QED) is 0.596. The zero-order chi connectivity index (χ0) is 21.3. The van der Waals surface area contributed by atoms with Gasteiger partial charge in [0.1, 0.15) is 5.82 Å². The number of carbonyl (C=O) groups excluding carboxylic acids is 1. The van der Waals surface area contributed by atoms with Gasteiger partial charge in [0.05, 0.1) is 22.5 Å². The van der Waals surface area contributed by atoms with Crippen molar-refractivity contribution in [3.63, 3.8) is 0 Å². The van der Waals surface area contributed by atoms with Gasteiger partial charge in [-0.15, -0.1) is 0 Å². The first-order valence-electron chi connectivity index (χ1n) is 9.08. The Morgan fingerprint density at radius 3 is 2.34 bits per heavy atom. The Balaban J connectivity index is 1.96. The molecule has 0 bridgehead atoms. The number of sulfonamides is 1. The number of aryl methyl sites for hydroxylation is 1. The number of aromatic nitrogens is 2. The summed E-state index contributed by atoms with van der Waals surface area (Å²) < 4.78 is 29.0. The van der Waals surface area contributed by atoms with Crippen LogP contribution in [0.25, 0.3) is 11.0 Å². The molecule has 3 rings (SSSR count). The van der Waals surface area contributed by atoms with E-state index < -0.39 is 10.0 Å². The van der Waals surface area contributed by atoms with Crippen LogP contribution in [-0.4, -0.2) is 54.2 Å². The van der Waals surface area contributed by atoms with Crippen LogP contribution < -0.4 is 0 Å². The standard InChI is InChI=1S/C20H23ClN4O3S/c1-5-25-18-11-6-14(20(26)23(2)3)12-17(18)22-19(25)13-24(4)29(27,28)16-9-7-15(21)8-10-16/h6-12H,5,13H2,1-4H3. The molecule has 0 unspecified atom stereocenters. The maximum absolute atomic E-state index is 12.9. The summed E-state index contributed by atoms with van der Waals surface area (Å²) >= 11 is 5.86. The van der Waals surface area contributed by atoms with E-state index in [4.69, 9.17) is 11.6 Å². The largest absolute Gasteiger partial charge is 0.345 e. The molecule has 0 aliphatic heterocycles. The van der Waals surface area contributed by atoms with Crippen LogP contribution in [0.3, 0.4) is 0 Å². The summed E-state index contributed by atoms with van der Waals surface area (Å²) in [6.45, 7) is 2.70. The van der Waals surface area contributed by atoms with Gasteiger partial charge in [-0.3, -0.25) is 4.79 Å². The summed E-state index contributed by atoms with van der Waals surface area (Å²) in [6, 6.07) is 11.4. The maximum atomic E-state index is 12.9. The number of imidazole rings is 1. The molecule has 1 heterocycles.